The van der Waals surface area contributed by atoms with Crippen LogP contribution in [-0.2, 0) is 20.7 Å². The molecule has 1 aromatic rings. The summed E-state index contributed by atoms with van der Waals surface area (Å²) in [4.78, 5) is 25.3. The number of allylic oxidation sites excluding steroid dienone is 2. The van der Waals surface area contributed by atoms with Gasteiger partial charge in [-0.15, -0.1) is 0 Å². The van der Waals surface area contributed by atoms with Gasteiger partial charge in [-0.25, -0.2) is 4.79 Å². The van der Waals surface area contributed by atoms with Crippen molar-refractivity contribution in [3.05, 3.63) is 41.5 Å². The number of esters is 2. The van der Waals surface area contributed by atoms with E-state index in [0.717, 1.165) is 37.7 Å². The zero-order valence-electron chi connectivity index (χ0n) is 20.9. The zero-order valence-corrected chi connectivity index (χ0v) is 20.9. The van der Waals surface area contributed by atoms with Crippen LogP contribution in [0.3, 0.4) is 0 Å². The van der Waals surface area contributed by atoms with Gasteiger partial charge in [-0.1, -0.05) is 70.7 Å². The van der Waals surface area contributed by atoms with Gasteiger partial charge in [-0.2, -0.15) is 0 Å². The summed E-state index contributed by atoms with van der Waals surface area (Å²) in [5.41, 5.74) is 1.38. The van der Waals surface area contributed by atoms with E-state index in [-0.39, 0.29) is 24.6 Å². The molecule has 0 saturated heterocycles. The molecule has 0 saturated carbocycles. The summed E-state index contributed by atoms with van der Waals surface area (Å²) in [6.07, 6.45) is 12.8. The highest BCUT2D eigenvalue weighted by Crippen LogP contribution is 2.29. The molecule has 0 aromatic heterocycles. The van der Waals surface area contributed by atoms with Crippen molar-refractivity contribution in [2.24, 2.45) is 11.8 Å². The second-order valence-electron chi connectivity index (χ2n) is 9.30. The van der Waals surface area contributed by atoms with Crippen LogP contribution in [0.5, 0.6) is 5.75 Å². The number of carbonyl (C=O) groups excluding carboxylic acids is 2. The summed E-state index contributed by atoms with van der Waals surface area (Å²) in [6.45, 7) is 6.87. The number of hydrogen-bond acceptors (Lipinski definition) is 5. The lowest BCUT2D eigenvalue weighted by Crippen LogP contribution is -2.26. The van der Waals surface area contributed by atoms with E-state index in [1.807, 2.05) is 12.1 Å². The lowest BCUT2D eigenvalue weighted by atomic mass is 9.87. The van der Waals surface area contributed by atoms with E-state index < -0.39 is 0 Å². The molecule has 2 rings (SSSR count). The van der Waals surface area contributed by atoms with E-state index in [2.05, 4.69) is 32.9 Å². The van der Waals surface area contributed by atoms with Crippen LogP contribution in [0.1, 0.15) is 94.5 Å². The maximum Gasteiger partial charge on any atom is 0.342 e. The summed E-state index contributed by atoms with van der Waals surface area (Å²) < 4.78 is 16.9. The molecule has 0 N–H and O–H groups in total. The van der Waals surface area contributed by atoms with Crippen molar-refractivity contribution in [1.82, 2.24) is 0 Å². The van der Waals surface area contributed by atoms with E-state index in [9.17, 15) is 9.59 Å². The van der Waals surface area contributed by atoms with Gasteiger partial charge in [0.25, 0.3) is 0 Å². The normalized spacial score (nSPS) is 22.3. The molecule has 0 bridgehead atoms. The highest BCUT2D eigenvalue weighted by Gasteiger charge is 2.25. The Morgan fingerprint density at radius 1 is 1.09 bits per heavy atom. The average molecular weight is 459 g/mol. The number of unbranched alkanes of at least 4 members (excludes halogenated alkanes) is 4. The lowest BCUT2D eigenvalue weighted by Gasteiger charge is -2.26. The largest absolute Gasteiger partial charge is 0.496 e. The van der Waals surface area contributed by atoms with Gasteiger partial charge in [0.05, 0.1) is 13.7 Å². The second kappa shape index (κ2) is 14.8. The van der Waals surface area contributed by atoms with Crippen LogP contribution in [-0.4, -0.2) is 31.8 Å². The van der Waals surface area contributed by atoms with Gasteiger partial charge in [0.15, 0.2) is 0 Å². The van der Waals surface area contributed by atoms with Crippen molar-refractivity contribution >= 4 is 11.9 Å². The summed E-state index contributed by atoms with van der Waals surface area (Å²) in [6, 6.07) is 5.63. The quantitative estimate of drug-likeness (QED) is 0.222. The van der Waals surface area contributed by atoms with Crippen molar-refractivity contribution in [3.63, 3.8) is 0 Å². The number of cyclic esters (lactones) is 1. The fraction of sp³-hybridized carbons (Fsp3) is 0.643. The third-order valence-electron chi connectivity index (χ3n) is 6.62. The van der Waals surface area contributed by atoms with Gasteiger partial charge in [-0.3, -0.25) is 4.79 Å². The van der Waals surface area contributed by atoms with E-state index in [4.69, 9.17) is 14.2 Å². The molecular formula is C28H42O5. The number of ether oxygens (including phenoxy) is 3. The number of rotatable bonds is 10. The second-order valence-corrected chi connectivity index (χ2v) is 9.30. The Morgan fingerprint density at radius 2 is 1.88 bits per heavy atom. The molecule has 1 aliphatic heterocycles. The Morgan fingerprint density at radius 3 is 2.64 bits per heavy atom. The first-order valence-corrected chi connectivity index (χ1v) is 12.6. The first-order chi connectivity index (χ1) is 16.0. The van der Waals surface area contributed by atoms with Gasteiger partial charge in [0.1, 0.15) is 17.4 Å². The third-order valence-corrected chi connectivity index (χ3v) is 6.62. The standard InChI is InChI=1S/C28H42O5/c1-5-6-7-8-9-17-26(29)32-19-18-24-20-22(3)21(2)13-10-11-14-23-15-12-16-25(31-4)27(23)28(30)33-24/h10-12,15-16,21-22,24H,5-9,13-14,17-20H2,1-4H3/b11-10+/t21-,22+,24-/m0/s1. The van der Waals surface area contributed by atoms with E-state index >= 15 is 0 Å². The van der Waals surface area contributed by atoms with Gasteiger partial charge in [0, 0.05) is 12.8 Å². The van der Waals surface area contributed by atoms with E-state index in [1.54, 1.807) is 13.2 Å². The molecule has 1 heterocycles. The molecule has 184 valence electrons. The highest BCUT2D eigenvalue weighted by molar-refractivity contribution is 5.94. The molecule has 0 radical (unpaired) electrons. The molecule has 0 amide bonds. The average Bonchev–Trinajstić information content (AvgIpc) is 2.80. The molecule has 0 fully saturated rings. The fourth-order valence-electron chi connectivity index (χ4n) is 4.23. The number of carbonyl (C=O) groups is 2. The molecule has 5 nitrogen and oxygen atoms in total. The summed E-state index contributed by atoms with van der Waals surface area (Å²) in [7, 11) is 1.57. The van der Waals surface area contributed by atoms with E-state index in [0.29, 0.717) is 42.4 Å². The smallest absolute Gasteiger partial charge is 0.342 e. The van der Waals surface area contributed by atoms with Crippen molar-refractivity contribution < 1.29 is 23.8 Å². The van der Waals surface area contributed by atoms with Gasteiger partial charge < -0.3 is 14.2 Å². The minimum atomic E-state index is -0.372. The van der Waals surface area contributed by atoms with Crippen LogP contribution < -0.4 is 4.74 Å². The Hall–Kier alpha value is -2.30. The Kier molecular flexibility index (Phi) is 12.1. The monoisotopic (exact) mass is 458 g/mol. The van der Waals surface area contributed by atoms with Crippen LogP contribution >= 0.6 is 0 Å². The lowest BCUT2D eigenvalue weighted by molar-refractivity contribution is -0.144. The van der Waals surface area contributed by atoms with Crippen molar-refractivity contribution in [2.45, 2.75) is 91.1 Å². The Labute approximate surface area is 199 Å². The van der Waals surface area contributed by atoms with Crippen molar-refractivity contribution in [1.29, 1.82) is 0 Å². The summed E-state index contributed by atoms with van der Waals surface area (Å²) in [5.74, 6) is 0.835. The van der Waals surface area contributed by atoms with Crippen LogP contribution in [0, 0.1) is 11.8 Å². The first-order valence-electron chi connectivity index (χ1n) is 12.6. The molecule has 1 aromatic carbocycles. The topological polar surface area (TPSA) is 61.8 Å². The minimum Gasteiger partial charge on any atom is -0.496 e. The zero-order chi connectivity index (χ0) is 24.1. The third kappa shape index (κ3) is 9.23. The predicted octanol–water partition coefficient (Wildman–Crippen LogP) is 6.68. The molecular weight excluding hydrogens is 416 g/mol. The highest BCUT2D eigenvalue weighted by atomic mass is 16.6. The van der Waals surface area contributed by atoms with Crippen LogP contribution in [0.25, 0.3) is 0 Å². The van der Waals surface area contributed by atoms with Gasteiger partial charge >= 0.3 is 11.9 Å². The molecule has 0 unspecified atom stereocenters. The number of methoxy groups -OCH3 is 1. The molecule has 5 heteroatoms. The molecule has 1 aliphatic rings. The van der Waals surface area contributed by atoms with Crippen LogP contribution in [0.2, 0.25) is 0 Å². The molecule has 0 spiro atoms. The van der Waals surface area contributed by atoms with Gasteiger partial charge in [-0.05, 0) is 49.1 Å². The Bertz CT molecular complexity index is 770. The van der Waals surface area contributed by atoms with Gasteiger partial charge in [0.2, 0.25) is 0 Å². The minimum absolute atomic E-state index is 0.162. The maximum atomic E-state index is 13.2. The Balaban J connectivity index is 2.03. The number of fused-ring (bicyclic) bond motifs is 1. The SMILES string of the molecule is CCCCCCCC(=O)OCC[C@H]1C[C@@H](C)[C@@H](C)C/C=C/Cc2cccc(OC)c2C(=O)O1. The number of hydrogen-bond donors (Lipinski definition) is 0. The molecule has 3 atom stereocenters. The van der Waals surface area contributed by atoms with Crippen LogP contribution in [0.15, 0.2) is 30.4 Å². The number of benzene rings is 1. The first kappa shape index (κ1) is 26.9. The van der Waals surface area contributed by atoms with Crippen LogP contribution in [0.4, 0.5) is 0 Å². The molecule has 0 aliphatic carbocycles. The fourth-order valence-corrected chi connectivity index (χ4v) is 4.23. The maximum absolute atomic E-state index is 13.2. The predicted molar refractivity (Wildman–Crippen MR) is 132 cm³/mol. The summed E-state index contributed by atoms with van der Waals surface area (Å²) >= 11 is 0. The summed E-state index contributed by atoms with van der Waals surface area (Å²) in [5, 5.41) is 0. The van der Waals surface area contributed by atoms with Crippen molar-refractivity contribution in [3.8, 4) is 5.75 Å². The van der Waals surface area contributed by atoms with Crippen molar-refractivity contribution in [2.75, 3.05) is 13.7 Å². The van der Waals surface area contributed by atoms with E-state index in [1.165, 1.54) is 12.8 Å². The molecule has 33 heavy (non-hydrogen) atoms.